The van der Waals surface area contributed by atoms with Crippen LogP contribution in [0.1, 0.15) is 108 Å². The normalized spacial score (nSPS) is 21.9. The molecule has 1 aliphatic carbocycles. The number of pyridine rings is 1. The number of anilines is 1. The van der Waals surface area contributed by atoms with Gasteiger partial charge in [0.1, 0.15) is 17.3 Å². The van der Waals surface area contributed by atoms with E-state index in [-0.39, 0.29) is 29.6 Å². The van der Waals surface area contributed by atoms with Crippen LogP contribution in [0, 0.1) is 5.92 Å². The largest absolute Gasteiger partial charge is 0.444 e. The van der Waals surface area contributed by atoms with Crippen LogP contribution in [0.2, 0.25) is 0 Å². The van der Waals surface area contributed by atoms with Gasteiger partial charge in [0.15, 0.2) is 5.69 Å². The van der Waals surface area contributed by atoms with Crippen molar-refractivity contribution in [3.05, 3.63) is 54.0 Å². The van der Waals surface area contributed by atoms with Gasteiger partial charge in [0.05, 0.1) is 23.3 Å². The number of ether oxygens (including phenoxy) is 2. The number of fused-ring (bicyclic) bond motifs is 3. The molecular weight excluding hydrogens is 696 g/mol. The summed E-state index contributed by atoms with van der Waals surface area (Å²) >= 11 is 0. The van der Waals surface area contributed by atoms with E-state index in [1.165, 1.54) is 11.8 Å². The molecule has 14 heteroatoms. The lowest BCUT2D eigenvalue weighted by molar-refractivity contribution is -0.135. The Kier molecular flexibility index (Phi) is 11.3. The maximum absolute atomic E-state index is 13.8. The summed E-state index contributed by atoms with van der Waals surface area (Å²) in [5.74, 6) is 0.0308. The molecule has 0 bridgehead atoms. The number of aryl methyl sites for hydroxylation is 1. The molecule has 3 aliphatic rings. The predicted octanol–water partition coefficient (Wildman–Crippen LogP) is 7.49. The topological polar surface area (TPSA) is 133 Å². The van der Waals surface area contributed by atoms with E-state index in [9.17, 15) is 23.2 Å². The summed E-state index contributed by atoms with van der Waals surface area (Å²) in [5, 5.41) is 11.3. The van der Waals surface area contributed by atoms with E-state index >= 15 is 0 Å². The molecule has 3 amide bonds. The minimum absolute atomic E-state index is 0.00302. The third kappa shape index (κ3) is 8.59. The Bertz CT molecular complexity index is 1970. The average molecular weight is 748 g/mol. The van der Waals surface area contributed by atoms with Crippen LogP contribution in [0.4, 0.5) is 19.3 Å². The minimum Gasteiger partial charge on any atom is -0.444 e. The number of hydrogen-bond acceptors (Lipinski definition) is 8. The molecule has 12 nitrogen and oxygen atoms in total. The number of hydrogen-bond donors (Lipinski definition) is 2. The van der Waals surface area contributed by atoms with Crippen molar-refractivity contribution < 1.29 is 32.6 Å². The lowest BCUT2D eigenvalue weighted by Crippen LogP contribution is -2.41. The molecule has 0 radical (unpaired) electrons. The van der Waals surface area contributed by atoms with Crippen molar-refractivity contribution in [3.8, 4) is 0 Å². The number of nitrogens with one attached hydrogen (secondary N) is 2. The molecule has 2 aliphatic heterocycles. The quantitative estimate of drug-likeness (QED) is 0.119. The molecule has 4 aromatic rings. The van der Waals surface area contributed by atoms with Gasteiger partial charge in [-0.3, -0.25) is 24.9 Å². The van der Waals surface area contributed by atoms with Gasteiger partial charge in [0.2, 0.25) is 11.8 Å². The second kappa shape index (κ2) is 16.1. The lowest BCUT2D eigenvalue weighted by atomic mass is 9.85. The van der Waals surface area contributed by atoms with Gasteiger partial charge in [-0.05, 0) is 108 Å². The highest BCUT2D eigenvalue weighted by atomic mass is 19.3. The van der Waals surface area contributed by atoms with Crippen molar-refractivity contribution in [1.82, 2.24) is 29.5 Å². The zero-order valence-electron chi connectivity index (χ0n) is 31.4. The van der Waals surface area contributed by atoms with E-state index in [1.54, 1.807) is 31.6 Å². The first kappa shape index (κ1) is 37.9. The number of rotatable bonds is 11. The summed E-state index contributed by atoms with van der Waals surface area (Å²) in [4.78, 5) is 44.1. The number of aromatic nitrogens is 4. The first-order valence-electron chi connectivity index (χ1n) is 19.3. The van der Waals surface area contributed by atoms with E-state index in [1.807, 2.05) is 22.8 Å². The maximum atomic E-state index is 13.8. The number of carbonyl (C=O) groups is 3. The number of imide groups is 1. The summed E-state index contributed by atoms with van der Waals surface area (Å²) < 4.78 is 42.8. The highest BCUT2D eigenvalue weighted by Gasteiger charge is 2.32. The first-order chi connectivity index (χ1) is 25.9. The van der Waals surface area contributed by atoms with Crippen LogP contribution in [0.25, 0.3) is 21.9 Å². The van der Waals surface area contributed by atoms with Crippen LogP contribution >= 0.6 is 0 Å². The molecule has 7 rings (SSSR count). The minimum atomic E-state index is -2.81. The maximum Gasteiger partial charge on any atom is 0.412 e. The molecular formula is C40H51F2N7O5. The molecule has 3 fully saturated rings. The zero-order chi connectivity index (χ0) is 38.0. The molecule has 1 saturated carbocycles. The molecule has 1 atom stereocenters. The molecule has 1 unspecified atom stereocenters. The fourth-order valence-corrected chi connectivity index (χ4v) is 8.44. The Labute approximate surface area is 313 Å². The van der Waals surface area contributed by atoms with Gasteiger partial charge in [-0.1, -0.05) is 12.1 Å². The number of alkyl halides is 2. The summed E-state index contributed by atoms with van der Waals surface area (Å²) in [6.07, 6.45) is 8.07. The van der Waals surface area contributed by atoms with Crippen molar-refractivity contribution in [3.63, 3.8) is 0 Å². The number of carbonyl (C=O) groups excluding carboxylic acids is 3. The van der Waals surface area contributed by atoms with Crippen LogP contribution in [0.3, 0.4) is 0 Å². The molecule has 5 heterocycles. The number of amides is 3. The lowest BCUT2D eigenvalue weighted by Gasteiger charge is -2.36. The van der Waals surface area contributed by atoms with Crippen molar-refractivity contribution in [2.45, 2.75) is 115 Å². The summed E-state index contributed by atoms with van der Waals surface area (Å²) in [5.41, 5.74) is 1.74. The smallest absolute Gasteiger partial charge is 0.412 e. The standard InChI is InChI=1S/C40H51F2N7O5/c1-40(2,3)54-39(52)44-30-24-48(46-35(30)36(41)42)27-13-11-25(12-14-27)23-47-20-17-28(18-21-47)53-22-6-8-26-7-4-10-31-34(26)29-9-5-19-43-37(29)49(31)32-15-16-33(50)45-38(32)51/h4-5,7,9-10,19,24-25,27-28,32,36H,6,8,11-18,20-23H2,1-3H3,(H,44,52)(H,45,50,51)/t25-,27-,32?. The highest BCUT2D eigenvalue weighted by molar-refractivity contribution is 6.10. The molecule has 54 heavy (non-hydrogen) atoms. The van der Waals surface area contributed by atoms with Crippen molar-refractivity contribution in [1.29, 1.82) is 0 Å². The summed E-state index contributed by atoms with van der Waals surface area (Å²) in [6, 6.07) is 9.73. The Morgan fingerprint density at radius 3 is 2.54 bits per heavy atom. The van der Waals surface area contributed by atoms with Gasteiger partial charge >= 0.3 is 6.09 Å². The van der Waals surface area contributed by atoms with Crippen molar-refractivity contribution >= 4 is 45.5 Å². The van der Waals surface area contributed by atoms with E-state index in [0.717, 1.165) is 92.9 Å². The van der Waals surface area contributed by atoms with E-state index in [2.05, 4.69) is 37.7 Å². The first-order valence-corrected chi connectivity index (χ1v) is 19.3. The van der Waals surface area contributed by atoms with Crippen molar-refractivity contribution in [2.24, 2.45) is 5.92 Å². The number of nitrogens with zero attached hydrogens (tertiary/aromatic N) is 5. The van der Waals surface area contributed by atoms with Crippen LogP contribution < -0.4 is 10.6 Å². The van der Waals surface area contributed by atoms with Gasteiger partial charge in [-0.15, -0.1) is 0 Å². The van der Waals surface area contributed by atoms with Gasteiger partial charge in [-0.25, -0.2) is 18.6 Å². The Hall–Kier alpha value is -4.43. The molecule has 0 spiro atoms. The Balaban J connectivity index is 0.863. The van der Waals surface area contributed by atoms with E-state index < -0.39 is 29.9 Å². The molecule has 2 N–H and O–H groups in total. The molecule has 1 aromatic carbocycles. The fraction of sp³-hybridized carbons (Fsp3) is 0.575. The predicted molar refractivity (Wildman–Crippen MR) is 200 cm³/mol. The van der Waals surface area contributed by atoms with Gasteiger partial charge < -0.3 is 18.9 Å². The monoisotopic (exact) mass is 747 g/mol. The SMILES string of the molecule is CC(C)(C)OC(=O)Nc1cn([C@H]2CC[C@H](CN3CCC(OCCCc4cccc5c4c4cccnc4n5C4CCC(=O)NC4=O)CC3)CC2)nc1C(F)F. The number of piperidine rings is 2. The molecule has 3 aromatic heterocycles. The van der Waals surface area contributed by atoms with Gasteiger partial charge in [-0.2, -0.15) is 5.10 Å². The van der Waals surface area contributed by atoms with E-state index in [4.69, 9.17) is 9.47 Å². The summed E-state index contributed by atoms with van der Waals surface area (Å²) in [7, 11) is 0. The van der Waals surface area contributed by atoms with Crippen LogP contribution in [-0.4, -0.2) is 80.1 Å². The average Bonchev–Trinajstić information content (AvgIpc) is 3.70. The van der Waals surface area contributed by atoms with Crippen LogP contribution in [-0.2, 0) is 25.5 Å². The van der Waals surface area contributed by atoms with Gasteiger partial charge in [0.25, 0.3) is 6.43 Å². The fourth-order valence-electron chi connectivity index (χ4n) is 8.44. The zero-order valence-corrected chi connectivity index (χ0v) is 31.4. The number of halogens is 2. The number of benzene rings is 1. The van der Waals surface area contributed by atoms with Crippen LogP contribution in [0.5, 0.6) is 0 Å². The van der Waals surface area contributed by atoms with Crippen LogP contribution in [0.15, 0.2) is 42.7 Å². The second-order valence-corrected chi connectivity index (χ2v) is 16.0. The Morgan fingerprint density at radius 2 is 1.81 bits per heavy atom. The van der Waals surface area contributed by atoms with Gasteiger partial charge in [0, 0.05) is 55.8 Å². The number of likely N-dealkylation sites (tertiary alicyclic amines) is 1. The van der Waals surface area contributed by atoms with Crippen molar-refractivity contribution in [2.75, 3.05) is 31.6 Å². The highest BCUT2D eigenvalue weighted by Crippen LogP contribution is 2.37. The van der Waals surface area contributed by atoms with E-state index in [0.29, 0.717) is 25.4 Å². The summed E-state index contributed by atoms with van der Waals surface area (Å²) in [6.45, 7) is 8.84. The third-order valence-electron chi connectivity index (χ3n) is 11.0. The second-order valence-electron chi connectivity index (χ2n) is 16.0. The Morgan fingerprint density at radius 1 is 1.04 bits per heavy atom. The third-order valence-corrected chi connectivity index (χ3v) is 11.0. The molecule has 290 valence electrons. The molecule has 2 saturated heterocycles.